The van der Waals surface area contributed by atoms with Gasteiger partial charge < -0.3 is 14.8 Å². The molecular weight excluding hydrogens is 410 g/mol. The molecule has 2 aromatic carbocycles. The van der Waals surface area contributed by atoms with E-state index in [4.69, 9.17) is 33.3 Å². The summed E-state index contributed by atoms with van der Waals surface area (Å²) >= 11 is 11.5. The van der Waals surface area contributed by atoms with Crippen LogP contribution in [0, 0.1) is 0 Å². The second kappa shape index (κ2) is 8.88. The van der Waals surface area contributed by atoms with E-state index in [1.54, 1.807) is 5.01 Å². The lowest BCUT2D eigenvalue weighted by atomic mass is 10.1. The summed E-state index contributed by atoms with van der Waals surface area (Å²) in [5, 5.41) is 8.18. The molecule has 1 amide bonds. The maximum Gasteiger partial charge on any atom is 0.245 e. The van der Waals surface area contributed by atoms with Gasteiger partial charge in [-0.2, -0.15) is 0 Å². The molecule has 0 atom stereocenters. The largest absolute Gasteiger partial charge is 0.454 e. The summed E-state index contributed by atoms with van der Waals surface area (Å²) in [6, 6.07) is 13.4. The number of ether oxygens (including phenoxy) is 2. The molecule has 0 radical (unpaired) electrons. The second-order valence-corrected chi connectivity index (χ2v) is 7.79. The zero-order chi connectivity index (χ0) is 20.2. The number of fused-ring (bicyclic) bond motifs is 1. The minimum absolute atomic E-state index is 0.0169. The van der Waals surface area contributed by atoms with Gasteiger partial charge in [-0.3, -0.25) is 14.8 Å². The number of amides is 1. The lowest BCUT2D eigenvalue weighted by Crippen LogP contribution is -2.49. The zero-order valence-electron chi connectivity index (χ0n) is 15.9. The standard InChI is InChI=1S/C21H22ClN3O3S/c22-17-5-2-15(3-6-17)8-9-23-21(29)25-11-1-10-24(25)20(26)13-16-4-7-18-19(12-16)28-14-27-18/h2-7,12H,1,8-11,13-14H2,(H,23,29). The fourth-order valence-electron chi connectivity index (χ4n) is 3.46. The van der Waals surface area contributed by atoms with E-state index in [1.807, 2.05) is 47.5 Å². The molecule has 29 heavy (non-hydrogen) atoms. The van der Waals surface area contributed by atoms with Gasteiger partial charge in [-0.05, 0) is 60.5 Å². The number of hydrazine groups is 1. The molecule has 2 aliphatic heterocycles. The molecule has 1 N–H and O–H groups in total. The predicted molar refractivity (Wildman–Crippen MR) is 115 cm³/mol. The SMILES string of the molecule is O=C(Cc1ccc2c(c1)OCO2)N1CCCN1C(=S)NCCc1ccc(Cl)cc1. The zero-order valence-corrected chi connectivity index (χ0v) is 17.5. The first-order valence-electron chi connectivity index (χ1n) is 9.59. The van der Waals surface area contributed by atoms with E-state index in [-0.39, 0.29) is 12.7 Å². The number of thiocarbonyl (C=S) groups is 1. The van der Waals surface area contributed by atoms with Crippen LogP contribution in [0.1, 0.15) is 17.5 Å². The summed E-state index contributed by atoms with van der Waals surface area (Å²) < 4.78 is 10.7. The normalized spacial score (nSPS) is 14.9. The number of carbonyl (C=O) groups excluding carboxylic acids is 1. The molecule has 1 fully saturated rings. The van der Waals surface area contributed by atoms with Crippen molar-refractivity contribution in [3.63, 3.8) is 0 Å². The van der Waals surface area contributed by atoms with E-state index in [2.05, 4.69) is 5.32 Å². The van der Waals surface area contributed by atoms with Crippen molar-refractivity contribution in [1.82, 2.24) is 15.3 Å². The van der Waals surface area contributed by atoms with Crippen LogP contribution in [0.4, 0.5) is 0 Å². The van der Waals surface area contributed by atoms with E-state index in [9.17, 15) is 4.79 Å². The third kappa shape index (κ3) is 4.74. The van der Waals surface area contributed by atoms with Crippen molar-refractivity contribution >= 4 is 34.8 Å². The molecule has 6 nitrogen and oxygen atoms in total. The van der Waals surface area contributed by atoms with Gasteiger partial charge in [-0.15, -0.1) is 0 Å². The van der Waals surface area contributed by atoms with Crippen molar-refractivity contribution in [2.45, 2.75) is 19.3 Å². The molecule has 0 saturated carbocycles. The Kier molecular flexibility index (Phi) is 6.06. The summed E-state index contributed by atoms with van der Waals surface area (Å²) in [7, 11) is 0. The van der Waals surface area contributed by atoms with Gasteiger partial charge >= 0.3 is 0 Å². The van der Waals surface area contributed by atoms with E-state index >= 15 is 0 Å². The third-order valence-corrected chi connectivity index (χ3v) is 5.56. The van der Waals surface area contributed by atoms with Gasteiger partial charge in [0, 0.05) is 24.7 Å². The van der Waals surface area contributed by atoms with Crippen LogP contribution in [0.3, 0.4) is 0 Å². The first-order valence-corrected chi connectivity index (χ1v) is 10.4. The fourth-order valence-corrected chi connectivity index (χ4v) is 3.87. The molecule has 8 heteroatoms. The highest BCUT2D eigenvalue weighted by Gasteiger charge is 2.28. The Morgan fingerprint density at radius 3 is 2.59 bits per heavy atom. The van der Waals surface area contributed by atoms with Crippen LogP contribution in [0.25, 0.3) is 0 Å². The number of hydrogen-bond donors (Lipinski definition) is 1. The monoisotopic (exact) mass is 431 g/mol. The number of rotatable bonds is 5. The van der Waals surface area contributed by atoms with Crippen LogP contribution >= 0.6 is 23.8 Å². The van der Waals surface area contributed by atoms with Gasteiger partial charge in [-0.1, -0.05) is 29.8 Å². The number of carbonyl (C=O) groups is 1. The Labute approximate surface area is 180 Å². The van der Waals surface area contributed by atoms with Crippen molar-refractivity contribution in [2.24, 2.45) is 0 Å². The molecule has 2 heterocycles. The van der Waals surface area contributed by atoms with E-state index < -0.39 is 0 Å². The van der Waals surface area contributed by atoms with Crippen LogP contribution in [0.2, 0.25) is 5.02 Å². The van der Waals surface area contributed by atoms with Gasteiger partial charge in [0.1, 0.15) is 0 Å². The van der Waals surface area contributed by atoms with Gasteiger partial charge in [0.2, 0.25) is 12.7 Å². The minimum Gasteiger partial charge on any atom is -0.454 e. The topological polar surface area (TPSA) is 54.0 Å². The van der Waals surface area contributed by atoms with Crippen LogP contribution in [0.15, 0.2) is 42.5 Å². The first kappa shape index (κ1) is 19.8. The van der Waals surface area contributed by atoms with Gasteiger partial charge in [-0.25, -0.2) is 0 Å². The number of hydrogen-bond acceptors (Lipinski definition) is 4. The first-order chi connectivity index (χ1) is 14.1. The smallest absolute Gasteiger partial charge is 0.245 e. The van der Waals surface area contributed by atoms with Crippen molar-refractivity contribution < 1.29 is 14.3 Å². The van der Waals surface area contributed by atoms with E-state index in [1.165, 1.54) is 5.56 Å². The Morgan fingerprint density at radius 1 is 1.03 bits per heavy atom. The highest BCUT2D eigenvalue weighted by atomic mass is 35.5. The summed E-state index contributed by atoms with van der Waals surface area (Å²) in [4.78, 5) is 12.9. The number of halogens is 1. The summed E-state index contributed by atoms with van der Waals surface area (Å²) in [5.74, 6) is 1.42. The van der Waals surface area contributed by atoms with Crippen molar-refractivity contribution in [1.29, 1.82) is 0 Å². The fraction of sp³-hybridized carbons (Fsp3) is 0.333. The summed E-state index contributed by atoms with van der Waals surface area (Å²) in [5.41, 5.74) is 2.08. The molecular formula is C21H22ClN3O3S. The highest BCUT2D eigenvalue weighted by molar-refractivity contribution is 7.80. The average molecular weight is 432 g/mol. The molecule has 1 saturated heterocycles. The van der Waals surface area contributed by atoms with Crippen molar-refractivity contribution in [3.05, 3.63) is 58.6 Å². The maximum atomic E-state index is 12.9. The summed E-state index contributed by atoms with van der Waals surface area (Å²) in [6.07, 6.45) is 2.02. The van der Waals surface area contributed by atoms with Gasteiger partial charge in [0.25, 0.3) is 0 Å². The van der Waals surface area contributed by atoms with Crippen LogP contribution in [0.5, 0.6) is 11.5 Å². The van der Waals surface area contributed by atoms with Gasteiger partial charge in [0.05, 0.1) is 6.42 Å². The molecule has 0 aromatic heterocycles. The molecule has 152 valence electrons. The number of nitrogens with zero attached hydrogens (tertiary/aromatic N) is 2. The average Bonchev–Trinajstić information content (AvgIpc) is 3.38. The lowest BCUT2D eigenvalue weighted by molar-refractivity contribution is -0.138. The van der Waals surface area contributed by atoms with E-state index in [0.717, 1.165) is 35.7 Å². The van der Waals surface area contributed by atoms with Crippen LogP contribution in [-0.2, 0) is 17.6 Å². The van der Waals surface area contributed by atoms with E-state index in [0.29, 0.717) is 30.4 Å². The predicted octanol–water partition coefficient (Wildman–Crippen LogP) is 3.18. The highest BCUT2D eigenvalue weighted by Crippen LogP contribution is 2.32. The number of benzene rings is 2. The molecule has 0 unspecified atom stereocenters. The van der Waals surface area contributed by atoms with Gasteiger partial charge in [0.15, 0.2) is 16.6 Å². The Bertz CT molecular complexity index is 907. The molecule has 0 spiro atoms. The molecule has 2 aliphatic rings. The van der Waals surface area contributed by atoms with Crippen LogP contribution < -0.4 is 14.8 Å². The Morgan fingerprint density at radius 2 is 1.76 bits per heavy atom. The number of nitrogens with one attached hydrogen (secondary N) is 1. The maximum absolute atomic E-state index is 12.9. The molecule has 0 aliphatic carbocycles. The van der Waals surface area contributed by atoms with Crippen molar-refractivity contribution in [3.8, 4) is 11.5 Å². The molecule has 0 bridgehead atoms. The minimum atomic E-state index is 0.0169. The quantitative estimate of drug-likeness (QED) is 0.734. The Hall–Kier alpha value is -2.51. The molecule has 4 rings (SSSR count). The lowest BCUT2D eigenvalue weighted by Gasteiger charge is -2.30. The molecule has 2 aromatic rings. The van der Waals surface area contributed by atoms with Crippen molar-refractivity contribution in [2.75, 3.05) is 26.4 Å². The summed E-state index contributed by atoms with van der Waals surface area (Å²) in [6.45, 7) is 2.33. The third-order valence-electron chi connectivity index (χ3n) is 4.95. The van der Waals surface area contributed by atoms with Crippen LogP contribution in [-0.4, -0.2) is 47.5 Å². The second-order valence-electron chi connectivity index (χ2n) is 6.97. The Balaban J connectivity index is 1.31.